The van der Waals surface area contributed by atoms with Crippen LogP contribution >= 0.6 is 0 Å². The zero-order valence-corrected chi connectivity index (χ0v) is 9.70. The van der Waals surface area contributed by atoms with Crippen molar-refractivity contribution in [1.29, 1.82) is 5.26 Å². The first-order valence-electron chi connectivity index (χ1n) is 5.56. The molecule has 1 amide bonds. The van der Waals surface area contributed by atoms with Crippen LogP contribution in [0.15, 0.2) is 0 Å². The van der Waals surface area contributed by atoms with Gasteiger partial charge in [0.2, 0.25) is 5.91 Å². The van der Waals surface area contributed by atoms with E-state index in [1.165, 1.54) is 0 Å². The van der Waals surface area contributed by atoms with Gasteiger partial charge in [-0.25, -0.2) is 0 Å². The van der Waals surface area contributed by atoms with E-state index in [4.69, 9.17) is 11.0 Å². The molecule has 0 bridgehead atoms. The Morgan fingerprint density at radius 3 is 2.60 bits per heavy atom. The summed E-state index contributed by atoms with van der Waals surface area (Å²) in [4.78, 5) is 13.7. The molecule has 1 atom stereocenters. The summed E-state index contributed by atoms with van der Waals surface area (Å²) >= 11 is 0. The third-order valence-electron chi connectivity index (χ3n) is 2.46. The van der Waals surface area contributed by atoms with Gasteiger partial charge in [-0.3, -0.25) is 4.79 Å². The quantitative estimate of drug-likeness (QED) is 0.686. The van der Waals surface area contributed by atoms with E-state index in [1.807, 2.05) is 13.8 Å². The summed E-state index contributed by atoms with van der Waals surface area (Å²) in [5.74, 6) is 0.0192. The lowest BCUT2D eigenvalue weighted by molar-refractivity contribution is -0.135. The fourth-order valence-electron chi connectivity index (χ4n) is 1.56. The van der Waals surface area contributed by atoms with Crippen molar-refractivity contribution in [2.24, 2.45) is 11.7 Å². The number of rotatable bonds is 7. The van der Waals surface area contributed by atoms with Crippen LogP contribution in [-0.2, 0) is 4.79 Å². The summed E-state index contributed by atoms with van der Waals surface area (Å²) in [7, 11) is 0. The minimum absolute atomic E-state index is 0.0753. The average Bonchev–Trinajstić information content (AvgIpc) is 2.26. The Labute approximate surface area is 92.0 Å². The van der Waals surface area contributed by atoms with Gasteiger partial charge in [-0.1, -0.05) is 13.3 Å². The van der Waals surface area contributed by atoms with E-state index in [2.05, 4.69) is 6.07 Å². The molecule has 0 aliphatic rings. The number of nitrogens with zero attached hydrogens (tertiary/aromatic N) is 2. The Balaban J connectivity index is 4.27. The molecule has 0 aliphatic heterocycles. The van der Waals surface area contributed by atoms with Gasteiger partial charge in [-0.2, -0.15) is 5.26 Å². The van der Waals surface area contributed by atoms with E-state index >= 15 is 0 Å². The van der Waals surface area contributed by atoms with E-state index in [1.54, 1.807) is 4.90 Å². The molecule has 1 unspecified atom stereocenters. The fraction of sp³-hybridized carbons (Fsp3) is 0.818. The number of nitrogens with two attached hydrogens (primary N) is 1. The zero-order valence-electron chi connectivity index (χ0n) is 9.70. The SMILES string of the molecule is CCCC(CN)C(=O)N(CC)CCC#N. The second-order valence-electron chi connectivity index (χ2n) is 3.55. The maximum absolute atomic E-state index is 11.9. The van der Waals surface area contributed by atoms with Crippen molar-refractivity contribution in [3.63, 3.8) is 0 Å². The number of carbonyl (C=O) groups is 1. The third-order valence-corrected chi connectivity index (χ3v) is 2.46. The monoisotopic (exact) mass is 211 g/mol. The van der Waals surface area contributed by atoms with Crippen molar-refractivity contribution in [2.75, 3.05) is 19.6 Å². The maximum Gasteiger partial charge on any atom is 0.226 e. The molecule has 0 saturated heterocycles. The van der Waals surface area contributed by atoms with Crippen molar-refractivity contribution in [3.8, 4) is 6.07 Å². The second kappa shape index (κ2) is 8.25. The lowest BCUT2D eigenvalue weighted by atomic mass is 10.0. The first-order valence-corrected chi connectivity index (χ1v) is 5.56. The molecule has 4 nitrogen and oxygen atoms in total. The molecule has 0 aromatic rings. The Kier molecular flexibility index (Phi) is 7.65. The van der Waals surface area contributed by atoms with E-state index in [-0.39, 0.29) is 11.8 Å². The predicted octanol–water partition coefficient (Wildman–Crippen LogP) is 1.12. The van der Waals surface area contributed by atoms with Crippen LogP contribution < -0.4 is 5.73 Å². The van der Waals surface area contributed by atoms with Gasteiger partial charge in [-0.05, 0) is 13.3 Å². The first-order chi connectivity index (χ1) is 7.21. The highest BCUT2D eigenvalue weighted by Gasteiger charge is 2.20. The smallest absolute Gasteiger partial charge is 0.226 e. The van der Waals surface area contributed by atoms with E-state index in [9.17, 15) is 4.79 Å². The zero-order chi connectivity index (χ0) is 11.7. The Hall–Kier alpha value is -1.08. The Morgan fingerprint density at radius 2 is 2.20 bits per heavy atom. The lowest BCUT2D eigenvalue weighted by Crippen LogP contribution is -2.39. The fourth-order valence-corrected chi connectivity index (χ4v) is 1.56. The molecule has 2 N–H and O–H groups in total. The lowest BCUT2D eigenvalue weighted by Gasteiger charge is -2.24. The van der Waals surface area contributed by atoms with Gasteiger partial charge in [0.25, 0.3) is 0 Å². The van der Waals surface area contributed by atoms with E-state index in [0.717, 1.165) is 12.8 Å². The van der Waals surface area contributed by atoms with Crippen molar-refractivity contribution < 1.29 is 4.79 Å². The molecule has 0 rings (SSSR count). The van der Waals surface area contributed by atoms with Crippen LogP contribution in [0.2, 0.25) is 0 Å². The predicted molar refractivity (Wildman–Crippen MR) is 59.9 cm³/mol. The molecule has 86 valence electrons. The summed E-state index contributed by atoms with van der Waals surface area (Å²) in [6.07, 6.45) is 2.19. The number of hydrogen-bond acceptors (Lipinski definition) is 3. The summed E-state index contributed by atoms with van der Waals surface area (Å²) in [6.45, 7) is 5.54. The van der Waals surface area contributed by atoms with Crippen LogP contribution in [0.3, 0.4) is 0 Å². The van der Waals surface area contributed by atoms with Gasteiger partial charge in [0.1, 0.15) is 0 Å². The standard InChI is InChI=1S/C11H21N3O/c1-3-6-10(9-13)11(15)14(4-2)8-5-7-12/h10H,3-6,8-9,13H2,1-2H3. The average molecular weight is 211 g/mol. The molecule has 0 saturated carbocycles. The number of amides is 1. The summed E-state index contributed by atoms with van der Waals surface area (Å²) in [5, 5.41) is 8.48. The largest absolute Gasteiger partial charge is 0.342 e. The van der Waals surface area contributed by atoms with Gasteiger partial charge in [0, 0.05) is 19.6 Å². The molecule has 15 heavy (non-hydrogen) atoms. The molecular weight excluding hydrogens is 190 g/mol. The normalized spacial score (nSPS) is 11.9. The summed E-state index contributed by atoms with van der Waals surface area (Å²) < 4.78 is 0. The van der Waals surface area contributed by atoms with Crippen molar-refractivity contribution in [3.05, 3.63) is 0 Å². The van der Waals surface area contributed by atoms with Crippen LogP contribution in [-0.4, -0.2) is 30.4 Å². The molecule has 0 fully saturated rings. The number of hydrogen-bond donors (Lipinski definition) is 1. The van der Waals surface area contributed by atoms with Gasteiger partial charge < -0.3 is 10.6 Å². The van der Waals surface area contributed by atoms with Gasteiger partial charge >= 0.3 is 0 Å². The second-order valence-corrected chi connectivity index (χ2v) is 3.55. The van der Waals surface area contributed by atoms with Crippen molar-refractivity contribution >= 4 is 5.91 Å². The molecule has 0 aliphatic carbocycles. The minimum atomic E-state index is -0.0753. The third kappa shape index (κ3) is 4.80. The van der Waals surface area contributed by atoms with Crippen molar-refractivity contribution in [2.45, 2.75) is 33.1 Å². The molecule has 0 spiro atoms. The van der Waals surface area contributed by atoms with Crippen LogP contribution in [0.25, 0.3) is 0 Å². The topological polar surface area (TPSA) is 70.1 Å². The van der Waals surface area contributed by atoms with Crippen molar-refractivity contribution in [1.82, 2.24) is 4.90 Å². The summed E-state index contributed by atoms with van der Waals surface area (Å²) in [5.41, 5.74) is 5.57. The van der Waals surface area contributed by atoms with Crippen LogP contribution in [0.5, 0.6) is 0 Å². The maximum atomic E-state index is 11.9. The van der Waals surface area contributed by atoms with Gasteiger partial charge in [0.05, 0.1) is 18.4 Å². The summed E-state index contributed by atoms with van der Waals surface area (Å²) in [6, 6.07) is 2.05. The highest BCUT2D eigenvalue weighted by Crippen LogP contribution is 2.09. The van der Waals surface area contributed by atoms with Crippen LogP contribution in [0.4, 0.5) is 0 Å². The Morgan fingerprint density at radius 1 is 1.53 bits per heavy atom. The number of nitriles is 1. The highest BCUT2D eigenvalue weighted by atomic mass is 16.2. The van der Waals surface area contributed by atoms with Crippen LogP contribution in [0, 0.1) is 17.2 Å². The molecule has 0 aromatic carbocycles. The number of carbonyl (C=O) groups excluding carboxylic acids is 1. The molecule has 0 radical (unpaired) electrons. The molecule has 0 aromatic heterocycles. The molecule has 4 heteroatoms. The van der Waals surface area contributed by atoms with Crippen LogP contribution in [0.1, 0.15) is 33.1 Å². The Bertz CT molecular complexity index is 222. The van der Waals surface area contributed by atoms with E-state index in [0.29, 0.717) is 26.1 Å². The first kappa shape index (κ1) is 13.9. The highest BCUT2D eigenvalue weighted by molar-refractivity contribution is 5.79. The van der Waals surface area contributed by atoms with Gasteiger partial charge in [-0.15, -0.1) is 0 Å². The van der Waals surface area contributed by atoms with Gasteiger partial charge in [0.15, 0.2) is 0 Å². The van der Waals surface area contributed by atoms with E-state index < -0.39 is 0 Å². The minimum Gasteiger partial charge on any atom is -0.342 e. The molecule has 0 heterocycles. The molecular formula is C11H21N3O.